The van der Waals surface area contributed by atoms with E-state index in [0.29, 0.717) is 6.54 Å². The second-order valence-corrected chi connectivity index (χ2v) is 5.95. The van der Waals surface area contributed by atoms with Crippen molar-refractivity contribution in [3.63, 3.8) is 0 Å². The molecule has 4 nitrogen and oxygen atoms in total. The van der Waals surface area contributed by atoms with Gasteiger partial charge < -0.3 is 10.6 Å². The molecule has 0 aliphatic heterocycles. The van der Waals surface area contributed by atoms with Crippen molar-refractivity contribution in [3.05, 3.63) is 66.0 Å². The number of aromatic nitrogens is 1. The quantitative estimate of drug-likeness (QED) is 0.605. The van der Waals surface area contributed by atoms with Gasteiger partial charge in [-0.2, -0.15) is 0 Å². The standard InChI is InChI=1S/C20H28N4/c1-4-20(5-2,17-11-7-6-8-12-17)16-24-19(21-3)23-15-18-13-9-10-14-22-18/h6-14H,4-5,15-16H2,1-3H3,(H2,21,23,24). The monoisotopic (exact) mass is 324 g/mol. The fourth-order valence-corrected chi connectivity index (χ4v) is 2.95. The van der Waals surface area contributed by atoms with Crippen LogP contribution in [0.4, 0.5) is 0 Å². The Morgan fingerprint density at radius 3 is 2.29 bits per heavy atom. The highest BCUT2D eigenvalue weighted by Crippen LogP contribution is 2.30. The van der Waals surface area contributed by atoms with E-state index in [-0.39, 0.29) is 5.41 Å². The van der Waals surface area contributed by atoms with Gasteiger partial charge in [0, 0.05) is 25.2 Å². The molecule has 0 aliphatic carbocycles. The van der Waals surface area contributed by atoms with Crippen molar-refractivity contribution in [1.82, 2.24) is 15.6 Å². The average molecular weight is 324 g/mol. The van der Waals surface area contributed by atoms with E-state index in [1.54, 1.807) is 7.05 Å². The predicted octanol–water partition coefficient (Wildman–Crippen LogP) is 3.50. The van der Waals surface area contributed by atoms with Crippen LogP contribution in [0.25, 0.3) is 0 Å². The number of hydrogen-bond donors (Lipinski definition) is 2. The van der Waals surface area contributed by atoms with Crippen molar-refractivity contribution in [2.24, 2.45) is 4.99 Å². The third-order valence-corrected chi connectivity index (χ3v) is 4.72. The van der Waals surface area contributed by atoms with Crippen molar-refractivity contribution >= 4 is 5.96 Å². The third kappa shape index (κ3) is 4.57. The van der Waals surface area contributed by atoms with Gasteiger partial charge in [-0.1, -0.05) is 50.2 Å². The molecule has 2 rings (SSSR count). The van der Waals surface area contributed by atoms with Crippen molar-refractivity contribution < 1.29 is 0 Å². The molecule has 1 heterocycles. The Balaban J connectivity index is 1.99. The fraction of sp³-hybridized carbons (Fsp3) is 0.400. The van der Waals surface area contributed by atoms with Crippen LogP contribution in [0.2, 0.25) is 0 Å². The SMILES string of the molecule is CCC(CC)(CNC(=NC)NCc1ccccn1)c1ccccc1. The van der Waals surface area contributed by atoms with Gasteiger partial charge >= 0.3 is 0 Å². The highest BCUT2D eigenvalue weighted by molar-refractivity contribution is 5.79. The van der Waals surface area contributed by atoms with Crippen LogP contribution in [-0.4, -0.2) is 24.5 Å². The van der Waals surface area contributed by atoms with Gasteiger partial charge in [0.2, 0.25) is 0 Å². The smallest absolute Gasteiger partial charge is 0.191 e. The summed E-state index contributed by atoms with van der Waals surface area (Å²) in [5, 5.41) is 6.83. The molecule has 0 amide bonds. The van der Waals surface area contributed by atoms with Gasteiger partial charge in [-0.3, -0.25) is 9.98 Å². The summed E-state index contributed by atoms with van der Waals surface area (Å²) >= 11 is 0. The van der Waals surface area contributed by atoms with Gasteiger partial charge in [-0.05, 0) is 30.5 Å². The normalized spacial score (nSPS) is 12.0. The Kier molecular flexibility index (Phi) is 6.79. The molecule has 4 heteroatoms. The molecule has 0 bridgehead atoms. The number of hydrogen-bond acceptors (Lipinski definition) is 2. The molecular formula is C20H28N4. The highest BCUT2D eigenvalue weighted by Gasteiger charge is 2.28. The molecule has 0 atom stereocenters. The summed E-state index contributed by atoms with van der Waals surface area (Å²) in [6.07, 6.45) is 3.97. The fourth-order valence-electron chi connectivity index (χ4n) is 2.95. The summed E-state index contributed by atoms with van der Waals surface area (Å²) < 4.78 is 0. The zero-order valence-corrected chi connectivity index (χ0v) is 14.9. The number of nitrogens with one attached hydrogen (secondary N) is 2. The zero-order chi connectivity index (χ0) is 17.3. The van der Waals surface area contributed by atoms with E-state index in [9.17, 15) is 0 Å². The number of benzene rings is 1. The Labute approximate surface area is 145 Å². The molecule has 1 aromatic carbocycles. The molecule has 0 saturated heterocycles. The van der Waals surface area contributed by atoms with Gasteiger partial charge in [0.25, 0.3) is 0 Å². The molecule has 0 saturated carbocycles. The Hall–Kier alpha value is -2.36. The minimum atomic E-state index is 0.115. The molecule has 1 aromatic heterocycles. The van der Waals surface area contributed by atoms with Crippen LogP contribution in [0, 0.1) is 0 Å². The Bertz CT molecular complexity index is 619. The van der Waals surface area contributed by atoms with E-state index in [1.807, 2.05) is 24.4 Å². The molecule has 24 heavy (non-hydrogen) atoms. The lowest BCUT2D eigenvalue weighted by molar-refractivity contribution is 0.389. The van der Waals surface area contributed by atoms with Crippen LogP contribution in [0.15, 0.2) is 59.7 Å². The van der Waals surface area contributed by atoms with E-state index in [4.69, 9.17) is 0 Å². The second kappa shape index (κ2) is 9.06. The summed E-state index contributed by atoms with van der Waals surface area (Å²) in [6.45, 7) is 6.02. The number of rotatable bonds is 7. The maximum atomic E-state index is 4.34. The molecule has 2 aromatic rings. The van der Waals surface area contributed by atoms with Gasteiger partial charge in [-0.25, -0.2) is 0 Å². The third-order valence-electron chi connectivity index (χ3n) is 4.72. The lowest BCUT2D eigenvalue weighted by Crippen LogP contribution is -2.45. The van der Waals surface area contributed by atoms with Gasteiger partial charge in [0.15, 0.2) is 5.96 Å². The van der Waals surface area contributed by atoms with E-state index < -0.39 is 0 Å². The first-order valence-corrected chi connectivity index (χ1v) is 8.64. The zero-order valence-electron chi connectivity index (χ0n) is 14.9. The summed E-state index contributed by atoms with van der Waals surface area (Å²) in [6, 6.07) is 16.7. The van der Waals surface area contributed by atoms with Crippen LogP contribution < -0.4 is 10.6 Å². The second-order valence-electron chi connectivity index (χ2n) is 5.95. The van der Waals surface area contributed by atoms with Crippen LogP contribution in [0.3, 0.4) is 0 Å². The maximum Gasteiger partial charge on any atom is 0.191 e. The first-order chi connectivity index (χ1) is 11.7. The molecule has 0 spiro atoms. The van der Waals surface area contributed by atoms with E-state index >= 15 is 0 Å². The number of pyridine rings is 1. The van der Waals surface area contributed by atoms with Gasteiger partial charge in [0.05, 0.1) is 12.2 Å². The molecule has 2 N–H and O–H groups in total. The number of nitrogens with zero attached hydrogens (tertiary/aromatic N) is 2. The van der Waals surface area contributed by atoms with E-state index in [1.165, 1.54) is 5.56 Å². The largest absolute Gasteiger partial charge is 0.356 e. The topological polar surface area (TPSA) is 49.3 Å². The van der Waals surface area contributed by atoms with Crippen molar-refractivity contribution in [1.29, 1.82) is 0 Å². The lowest BCUT2D eigenvalue weighted by Gasteiger charge is -2.33. The van der Waals surface area contributed by atoms with Crippen LogP contribution >= 0.6 is 0 Å². The first kappa shape index (κ1) is 18.0. The minimum Gasteiger partial charge on any atom is -0.356 e. The molecule has 0 radical (unpaired) electrons. The molecule has 0 aliphatic rings. The summed E-state index contributed by atoms with van der Waals surface area (Å²) in [5.41, 5.74) is 2.49. The number of aliphatic imine (C=N–C) groups is 1. The van der Waals surface area contributed by atoms with Crippen molar-refractivity contribution in [2.45, 2.75) is 38.6 Å². The van der Waals surface area contributed by atoms with Crippen LogP contribution in [0.5, 0.6) is 0 Å². The van der Waals surface area contributed by atoms with Crippen molar-refractivity contribution in [2.75, 3.05) is 13.6 Å². The summed E-state index contributed by atoms with van der Waals surface area (Å²) in [5.74, 6) is 0.808. The van der Waals surface area contributed by atoms with E-state index in [2.05, 4.69) is 64.8 Å². The Morgan fingerprint density at radius 2 is 1.71 bits per heavy atom. The van der Waals surface area contributed by atoms with Crippen LogP contribution in [0.1, 0.15) is 37.9 Å². The average Bonchev–Trinajstić information content (AvgIpc) is 2.67. The highest BCUT2D eigenvalue weighted by atomic mass is 15.2. The first-order valence-electron chi connectivity index (χ1n) is 8.64. The molecule has 0 fully saturated rings. The predicted molar refractivity (Wildman–Crippen MR) is 101 cm³/mol. The minimum absolute atomic E-state index is 0.115. The van der Waals surface area contributed by atoms with Crippen molar-refractivity contribution in [3.8, 4) is 0 Å². The maximum absolute atomic E-state index is 4.34. The Morgan fingerprint density at radius 1 is 1.00 bits per heavy atom. The lowest BCUT2D eigenvalue weighted by atomic mass is 9.76. The van der Waals surface area contributed by atoms with Gasteiger partial charge in [0.1, 0.15) is 0 Å². The summed E-state index contributed by atoms with van der Waals surface area (Å²) in [7, 11) is 1.80. The van der Waals surface area contributed by atoms with E-state index in [0.717, 1.165) is 31.0 Å². The van der Waals surface area contributed by atoms with Gasteiger partial charge in [-0.15, -0.1) is 0 Å². The van der Waals surface area contributed by atoms with Crippen LogP contribution in [-0.2, 0) is 12.0 Å². The number of guanidine groups is 1. The molecule has 0 unspecified atom stereocenters. The summed E-state index contributed by atoms with van der Waals surface area (Å²) in [4.78, 5) is 8.66. The molecule has 128 valence electrons. The molecular weight excluding hydrogens is 296 g/mol.